The molecule has 0 aliphatic heterocycles. The van der Waals surface area contributed by atoms with Crippen LogP contribution in [0.5, 0.6) is 0 Å². The quantitative estimate of drug-likeness (QED) is 0.661. The van der Waals surface area contributed by atoms with Gasteiger partial charge in [-0.1, -0.05) is 34.5 Å². The Kier molecular flexibility index (Phi) is 3.79. The Bertz CT molecular complexity index is 950. The average molecular weight is 336 g/mol. The highest BCUT2D eigenvalue weighted by molar-refractivity contribution is 6.03. The molecule has 5 heteroatoms. The van der Waals surface area contributed by atoms with Crippen LogP contribution in [0.4, 0.5) is 0 Å². The van der Waals surface area contributed by atoms with Crippen molar-refractivity contribution >= 4 is 17.1 Å². The van der Waals surface area contributed by atoms with Gasteiger partial charge in [0.15, 0.2) is 0 Å². The molecule has 128 valence electrons. The zero-order chi connectivity index (χ0) is 17.6. The number of ether oxygens (including phenoxy) is 1. The van der Waals surface area contributed by atoms with Gasteiger partial charge >= 0.3 is 5.97 Å². The number of carbonyl (C=O) groups is 1. The molecule has 25 heavy (non-hydrogen) atoms. The number of hydrogen-bond donors (Lipinski definition) is 0. The van der Waals surface area contributed by atoms with Gasteiger partial charge in [0.25, 0.3) is 5.71 Å². The molecular weight excluding hydrogens is 316 g/mol. The summed E-state index contributed by atoms with van der Waals surface area (Å²) in [5.41, 5.74) is 5.76. The smallest absolute Gasteiger partial charge is 0.339 e. The van der Waals surface area contributed by atoms with Crippen molar-refractivity contribution in [3.8, 4) is 0 Å². The SMILES string of the molecule is Cc1cc(C)cc(COC(=O)c2cc(C3CC3)nc3onc(C)c23)c1. The largest absolute Gasteiger partial charge is 0.457 e. The van der Waals surface area contributed by atoms with Crippen LogP contribution >= 0.6 is 0 Å². The van der Waals surface area contributed by atoms with Gasteiger partial charge in [-0.25, -0.2) is 9.78 Å². The predicted octanol–water partition coefficient (Wildman–Crippen LogP) is 4.38. The van der Waals surface area contributed by atoms with E-state index in [0.29, 0.717) is 28.3 Å². The molecule has 0 amide bonds. The van der Waals surface area contributed by atoms with Gasteiger partial charge < -0.3 is 9.26 Å². The summed E-state index contributed by atoms with van der Waals surface area (Å²) in [6.45, 7) is 6.12. The molecule has 0 spiro atoms. The van der Waals surface area contributed by atoms with Gasteiger partial charge in [-0.15, -0.1) is 0 Å². The van der Waals surface area contributed by atoms with Crippen LogP contribution in [0.15, 0.2) is 28.8 Å². The summed E-state index contributed by atoms with van der Waals surface area (Å²) in [5.74, 6) is 0.0561. The van der Waals surface area contributed by atoms with Crippen LogP contribution in [0.25, 0.3) is 11.1 Å². The second-order valence-electron chi connectivity index (χ2n) is 6.89. The molecule has 1 aliphatic carbocycles. The van der Waals surface area contributed by atoms with E-state index in [1.807, 2.05) is 39.0 Å². The molecule has 1 saturated carbocycles. The maximum absolute atomic E-state index is 12.7. The summed E-state index contributed by atoms with van der Waals surface area (Å²) in [6, 6.07) is 8.00. The number of aryl methyl sites for hydroxylation is 3. The van der Waals surface area contributed by atoms with Crippen molar-refractivity contribution < 1.29 is 14.1 Å². The molecule has 0 unspecified atom stereocenters. The molecule has 3 aromatic rings. The first-order valence-corrected chi connectivity index (χ1v) is 8.52. The Morgan fingerprint density at radius 1 is 1.16 bits per heavy atom. The van der Waals surface area contributed by atoms with Gasteiger partial charge in [0.2, 0.25) is 0 Å². The monoisotopic (exact) mass is 336 g/mol. The van der Waals surface area contributed by atoms with E-state index in [1.165, 1.54) is 0 Å². The first-order valence-electron chi connectivity index (χ1n) is 8.52. The third-order valence-electron chi connectivity index (χ3n) is 4.50. The zero-order valence-corrected chi connectivity index (χ0v) is 14.6. The fraction of sp³-hybridized carbons (Fsp3) is 0.350. The number of esters is 1. The lowest BCUT2D eigenvalue weighted by molar-refractivity contribution is 0.0474. The molecule has 2 heterocycles. The summed E-state index contributed by atoms with van der Waals surface area (Å²) in [7, 11) is 0. The first-order chi connectivity index (χ1) is 12.0. The highest BCUT2D eigenvalue weighted by Crippen LogP contribution is 2.40. The Balaban J connectivity index is 1.63. The minimum atomic E-state index is -0.361. The van der Waals surface area contributed by atoms with E-state index >= 15 is 0 Å². The molecule has 0 saturated heterocycles. The number of rotatable bonds is 4. The van der Waals surface area contributed by atoms with Crippen molar-refractivity contribution in [2.45, 2.75) is 46.1 Å². The van der Waals surface area contributed by atoms with E-state index in [4.69, 9.17) is 9.26 Å². The lowest BCUT2D eigenvalue weighted by Crippen LogP contribution is -2.08. The molecule has 2 aromatic heterocycles. The van der Waals surface area contributed by atoms with Crippen LogP contribution in [0.3, 0.4) is 0 Å². The molecule has 0 radical (unpaired) electrons. The molecule has 0 N–H and O–H groups in total. The van der Waals surface area contributed by atoms with Crippen molar-refractivity contribution in [3.63, 3.8) is 0 Å². The fourth-order valence-electron chi connectivity index (χ4n) is 3.24. The van der Waals surface area contributed by atoms with Gasteiger partial charge in [-0.05, 0) is 45.2 Å². The van der Waals surface area contributed by atoms with Gasteiger partial charge in [0.05, 0.1) is 16.6 Å². The molecule has 0 atom stereocenters. The normalized spacial score (nSPS) is 14.0. The Hall–Kier alpha value is -2.69. The first kappa shape index (κ1) is 15.8. The van der Waals surface area contributed by atoms with Crippen LogP contribution < -0.4 is 0 Å². The molecule has 5 nitrogen and oxygen atoms in total. The molecule has 4 rings (SSSR count). The number of carbonyl (C=O) groups excluding carboxylic acids is 1. The lowest BCUT2D eigenvalue weighted by Gasteiger charge is -2.09. The van der Waals surface area contributed by atoms with Crippen LogP contribution in [0, 0.1) is 20.8 Å². The third-order valence-corrected chi connectivity index (χ3v) is 4.50. The standard InChI is InChI=1S/C20H20N2O3/c1-11-6-12(2)8-14(7-11)10-24-20(23)16-9-17(15-4-5-15)21-19-18(16)13(3)22-25-19/h6-9,15H,4-5,10H2,1-3H3. The highest BCUT2D eigenvalue weighted by Gasteiger charge is 2.29. The Labute approximate surface area is 146 Å². The van der Waals surface area contributed by atoms with Crippen molar-refractivity contribution in [1.82, 2.24) is 10.1 Å². The van der Waals surface area contributed by atoms with E-state index in [-0.39, 0.29) is 12.6 Å². The second-order valence-corrected chi connectivity index (χ2v) is 6.89. The average Bonchev–Trinajstić information content (AvgIpc) is 3.35. The van der Waals surface area contributed by atoms with Crippen molar-refractivity contribution in [2.75, 3.05) is 0 Å². The van der Waals surface area contributed by atoms with Gasteiger partial charge in [-0.3, -0.25) is 0 Å². The number of aromatic nitrogens is 2. The number of fused-ring (bicyclic) bond motifs is 1. The molecule has 1 fully saturated rings. The van der Waals surface area contributed by atoms with E-state index < -0.39 is 0 Å². The van der Waals surface area contributed by atoms with Crippen LogP contribution in [-0.2, 0) is 11.3 Å². The highest BCUT2D eigenvalue weighted by atomic mass is 16.5. The fourth-order valence-corrected chi connectivity index (χ4v) is 3.24. The number of nitrogens with zero attached hydrogens (tertiary/aromatic N) is 2. The summed E-state index contributed by atoms with van der Waals surface area (Å²) >= 11 is 0. The van der Waals surface area contributed by atoms with E-state index in [2.05, 4.69) is 16.2 Å². The lowest BCUT2D eigenvalue weighted by atomic mass is 10.1. The maximum Gasteiger partial charge on any atom is 0.339 e. The molecule has 0 bridgehead atoms. The summed E-state index contributed by atoms with van der Waals surface area (Å²) in [5, 5.41) is 4.60. The molecule has 1 aliphatic rings. The Morgan fingerprint density at radius 2 is 1.88 bits per heavy atom. The zero-order valence-electron chi connectivity index (χ0n) is 14.6. The van der Waals surface area contributed by atoms with Crippen molar-refractivity contribution in [2.24, 2.45) is 0 Å². The minimum absolute atomic E-state index is 0.244. The van der Waals surface area contributed by atoms with Gasteiger partial charge in [-0.2, -0.15) is 0 Å². The minimum Gasteiger partial charge on any atom is -0.457 e. The number of hydrogen-bond acceptors (Lipinski definition) is 5. The van der Waals surface area contributed by atoms with Gasteiger partial charge in [0.1, 0.15) is 6.61 Å². The van der Waals surface area contributed by atoms with E-state index in [0.717, 1.165) is 35.2 Å². The predicted molar refractivity (Wildman–Crippen MR) is 93.6 cm³/mol. The van der Waals surface area contributed by atoms with Gasteiger partial charge in [0, 0.05) is 11.6 Å². The van der Waals surface area contributed by atoms with E-state index in [9.17, 15) is 4.79 Å². The van der Waals surface area contributed by atoms with Crippen LogP contribution in [-0.4, -0.2) is 16.1 Å². The number of pyridine rings is 1. The second kappa shape index (κ2) is 5.99. The van der Waals surface area contributed by atoms with Crippen molar-refractivity contribution in [1.29, 1.82) is 0 Å². The van der Waals surface area contributed by atoms with Crippen LogP contribution in [0.2, 0.25) is 0 Å². The number of benzene rings is 1. The summed E-state index contributed by atoms with van der Waals surface area (Å²) in [4.78, 5) is 17.2. The molecule has 1 aromatic carbocycles. The summed E-state index contributed by atoms with van der Waals surface area (Å²) < 4.78 is 10.9. The van der Waals surface area contributed by atoms with Crippen LogP contribution in [0.1, 0.15) is 57.2 Å². The topological polar surface area (TPSA) is 65.2 Å². The Morgan fingerprint density at radius 3 is 2.56 bits per heavy atom. The summed E-state index contributed by atoms with van der Waals surface area (Å²) in [6.07, 6.45) is 2.20. The third kappa shape index (κ3) is 3.14. The van der Waals surface area contributed by atoms with Crippen molar-refractivity contribution in [3.05, 3.63) is 57.9 Å². The maximum atomic E-state index is 12.7. The molecular formula is C20H20N2O3. The van der Waals surface area contributed by atoms with E-state index in [1.54, 1.807) is 0 Å².